The van der Waals surface area contributed by atoms with Crippen LogP contribution in [0.1, 0.15) is 27.7 Å². The zero-order chi connectivity index (χ0) is 13.5. The molecule has 1 heterocycles. The molecule has 17 heavy (non-hydrogen) atoms. The predicted octanol–water partition coefficient (Wildman–Crippen LogP) is -0.187. The average molecular weight is 248 g/mol. The van der Waals surface area contributed by atoms with E-state index in [1.54, 1.807) is 13.8 Å². The molecule has 0 aromatic rings. The fraction of sp³-hybridized carbons (Fsp3) is 0.909. The van der Waals surface area contributed by atoms with Gasteiger partial charge in [-0.15, -0.1) is 0 Å². The van der Waals surface area contributed by atoms with Gasteiger partial charge in [0.15, 0.2) is 11.4 Å². The third kappa shape index (κ3) is 2.44. The van der Waals surface area contributed by atoms with E-state index >= 15 is 0 Å². The van der Waals surface area contributed by atoms with Crippen LogP contribution in [0.15, 0.2) is 0 Å². The van der Waals surface area contributed by atoms with Gasteiger partial charge in [0.1, 0.15) is 11.7 Å². The Labute approximate surface area is 100 Å². The van der Waals surface area contributed by atoms with Crippen LogP contribution in [0.4, 0.5) is 0 Å². The van der Waals surface area contributed by atoms with E-state index in [0.29, 0.717) is 0 Å². The molecule has 0 bridgehead atoms. The van der Waals surface area contributed by atoms with E-state index in [4.69, 9.17) is 9.47 Å². The first-order valence-corrected chi connectivity index (χ1v) is 5.39. The Bertz CT molecular complexity index is 307. The Hall–Kier alpha value is -0.690. The summed E-state index contributed by atoms with van der Waals surface area (Å²) in [5.74, 6) is -1.77. The van der Waals surface area contributed by atoms with Crippen LogP contribution in [0.5, 0.6) is 0 Å². The molecule has 6 nitrogen and oxygen atoms in total. The quantitative estimate of drug-likeness (QED) is 0.673. The predicted molar refractivity (Wildman–Crippen MR) is 58.2 cm³/mol. The van der Waals surface area contributed by atoms with Crippen LogP contribution in [-0.4, -0.2) is 53.0 Å². The Morgan fingerprint density at radius 3 is 2.29 bits per heavy atom. The third-order valence-electron chi connectivity index (χ3n) is 3.20. The summed E-state index contributed by atoms with van der Waals surface area (Å²) in [5.41, 5.74) is -3.88. The van der Waals surface area contributed by atoms with E-state index < -0.39 is 29.1 Å². The summed E-state index contributed by atoms with van der Waals surface area (Å²) in [6.07, 6.45) is -0.813. The minimum absolute atomic E-state index is 0.0904. The maximum atomic E-state index is 11.5. The molecule has 0 aliphatic carbocycles. The van der Waals surface area contributed by atoms with E-state index in [0.717, 1.165) is 7.11 Å². The lowest BCUT2D eigenvalue weighted by Gasteiger charge is -2.39. The number of aliphatic hydroxyl groups is 2. The molecule has 0 amide bonds. The van der Waals surface area contributed by atoms with Crippen LogP contribution < -0.4 is 0 Å². The van der Waals surface area contributed by atoms with Crippen molar-refractivity contribution in [1.82, 2.24) is 0 Å². The lowest BCUT2D eigenvalue weighted by Crippen LogP contribution is -2.63. The molecule has 0 aromatic heterocycles. The number of rotatable bonds is 3. The molecule has 1 unspecified atom stereocenters. The molecule has 1 rings (SSSR count). The minimum Gasteiger partial charge on any atom is -0.467 e. The first kappa shape index (κ1) is 14.4. The van der Waals surface area contributed by atoms with Gasteiger partial charge in [-0.3, -0.25) is 0 Å². The number of esters is 1. The molecule has 1 saturated heterocycles. The molecule has 6 heteroatoms. The highest BCUT2D eigenvalue weighted by Gasteiger charge is 2.57. The second-order valence-corrected chi connectivity index (χ2v) is 5.03. The van der Waals surface area contributed by atoms with Crippen molar-refractivity contribution in [3.05, 3.63) is 0 Å². The normalized spacial score (nSPS) is 30.4. The van der Waals surface area contributed by atoms with E-state index in [2.05, 4.69) is 4.74 Å². The minimum atomic E-state index is -2.07. The van der Waals surface area contributed by atoms with Crippen molar-refractivity contribution in [2.75, 3.05) is 13.7 Å². The van der Waals surface area contributed by atoms with Gasteiger partial charge in [-0.1, -0.05) is 0 Å². The fourth-order valence-corrected chi connectivity index (χ4v) is 1.68. The van der Waals surface area contributed by atoms with Gasteiger partial charge >= 0.3 is 5.97 Å². The van der Waals surface area contributed by atoms with Crippen LogP contribution in [0, 0.1) is 0 Å². The van der Waals surface area contributed by atoms with E-state index in [-0.39, 0.29) is 6.61 Å². The lowest BCUT2D eigenvalue weighted by molar-refractivity contribution is -0.224. The van der Waals surface area contributed by atoms with Gasteiger partial charge < -0.3 is 24.4 Å². The van der Waals surface area contributed by atoms with Gasteiger partial charge in [0.05, 0.1) is 13.7 Å². The molecule has 2 N–H and O–H groups in total. The summed E-state index contributed by atoms with van der Waals surface area (Å²) in [7, 11) is 1.14. The smallest absolute Gasteiger partial charge is 0.340 e. The van der Waals surface area contributed by atoms with Crippen molar-refractivity contribution in [2.24, 2.45) is 0 Å². The molecule has 100 valence electrons. The van der Waals surface area contributed by atoms with Gasteiger partial charge in [0.2, 0.25) is 0 Å². The van der Waals surface area contributed by atoms with Gasteiger partial charge in [0.25, 0.3) is 0 Å². The van der Waals surface area contributed by atoms with E-state index in [9.17, 15) is 15.0 Å². The zero-order valence-electron chi connectivity index (χ0n) is 10.8. The maximum absolute atomic E-state index is 11.5. The Morgan fingerprint density at radius 1 is 1.41 bits per heavy atom. The Morgan fingerprint density at radius 2 is 1.94 bits per heavy atom. The topological polar surface area (TPSA) is 85.2 Å². The molecule has 0 saturated carbocycles. The summed E-state index contributed by atoms with van der Waals surface area (Å²) in [5, 5.41) is 20.4. The molecular weight excluding hydrogens is 228 g/mol. The number of hydrogen-bond acceptors (Lipinski definition) is 6. The second kappa shape index (κ2) is 4.20. The van der Waals surface area contributed by atoms with Crippen molar-refractivity contribution in [1.29, 1.82) is 0 Å². The Kier molecular flexibility index (Phi) is 3.55. The van der Waals surface area contributed by atoms with Crippen LogP contribution >= 0.6 is 0 Å². The summed E-state index contributed by atoms with van der Waals surface area (Å²) >= 11 is 0. The van der Waals surface area contributed by atoms with Gasteiger partial charge in [0, 0.05) is 0 Å². The van der Waals surface area contributed by atoms with Crippen LogP contribution in [0.3, 0.4) is 0 Å². The van der Waals surface area contributed by atoms with Crippen LogP contribution in [-0.2, 0) is 19.0 Å². The summed E-state index contributed by atoms with van der Waals surface area (Å²) in [6.45, 7) is 5.98. The van der Waals surface area contributed by atoms with Crippen molar-refractivity contribution in [3.63, 3.8) is 0 Å². The zero-order valence-corrected chi connectivity index (χ0v) is 10.8. The standard InChI is InChI=1S/C11H20O6/c1-9(2)16-6-7(17-9)10(3,13)11(4,14)8(12)15-5/h7,13-14H,6H2,1-5H3/t7?,10-,11-/m1/s1. The number of carbonyl (C=O) groups excluding carboxylic acids is 1. The van der Waals surface area contributed by atoms with Crippen molar-refractivity contribution in [2.45, 2.75) is 50.8 Å². The molecule has 1 fully saturated rings. The van der Waals surface area contributed by atoms with Gasteiger partial charge in [-0.05, 0) is 27.7 Å². The SMILES string of the molecule is COC(=O)[C@@](C)(O)[C@](C)(O)C1COC(C)(C)O1. The molecule has 3 atom stereocenters. The molecule has 0 radical (unpaired) electrons. The first-order chi connectivity index (χ1) is 7.54. The lowest BCUT2D eigenvalue weighted by atomic mass is 9.81. The molecule has 0 spiro atoms. The number of carbonyl (C=O) groups is 1. The highest BCUT2D eigenvalue weighted by molar-refractivity contribution is 5.80. The fourth-order valence-electron chi connectivity index (χ4n) is 1.68. The average Bonchev–Trinajstić information content (AvgIpc) is 2.57. The first-order valence-electron chi connectivity index (χ1n) is 5.39. The molecule has 1 aliphatic rings. The van der Waals surface area contributed by atoms with Crippen molar-refractivity contribution < 1.29 is 29.2 Å². The Balaban J connectivity index is 2.92. The van der Waals surface area contributed by atoms with E-state index in [1.165, 1.54) is 13.8 Å². The molecule has 1 aliphatic heterocycles. The maximum Gasteiger partial charge on any atom is 0.340 e. The van der Waals surface area contributed by atoms with Crippen LogP contribution in [0.25, 0.3) is 0 Å². The summed E-state index contributed by atoms with van der Waals surface area (Å²) in [4.78, 5) is 11.5. The van der Waals surface area contributed by atoms with Crippen molar-refractivity contribution in [3.8, 4) is 0 Å². The second-order valence-electron chi connectivity index (χ2n) is 5.03. The number of hydrogen-bond donors (Lipinski definition) is 2. The third-order valence-corrected chi connectivity index (χ3v) is 3.20. The summed E-state index contributed by atoms with van der Waals surface area (Å²) < 4.78 is 15.2. The highest BCUT2D eigenvalue weighted by Crippen LogP contribution is 2.35. The summed E-state index contributed by atoms with van der Waals surface area (Å²) in [6, 6.07) is 0. The van der Waals surface area contributed by atoms with Crippen LogP contribution in [0.2, 0.25) is 0 Å². The number of methoxy groups -OCH3 is 1. The molecule has 0 aromatic carbocycles. The largest absolute Gasteiger partial charge is 0.467 e. The van der Waals surface area contributed by atoms with Crippen molar-refractivity contribution >= 4 is 5.97 Å². The highest BCUT2D eigenvalue weighted by atomic mass is 16.7. The number of ether oxygens (including phenoxy) is 3. The van der Waals surface area contributed by atoms with Gasteiger partial charge in [-0.25, -0.2) is 4.79 Å². The van der Waals surface area contributed by atoms with E-state index in [1.807, 2.05) is 0 Å². The molecular formula is C11H20O6. The monoisotopic (exact) mass is 248 g/mol. The van der Waals surface area contributed by atoms with Gasteiger partial charge in [-0.2, -0.15) is 0 Å².